The summed E-state index contributed by atoms with van der Waals surface area (Å²) in [6.45, 7) is 4.22. The highest BCUT2D eigenvalue weighted by Gasteiger charge is 2.23. The highest BCUT2D eigenvalue weighted by atomic mass is 16.5. The van der Waals surface area contributed by atoms with E-state index in [4.69, 9.17) is 9.84 Å². The zero-order chi connectivity index (χ0) is 28.8. The van der Waals surface area contributed by atoms with Crippen LogP contribution in [0.4, 0.5) is 4.79 Å². The quantitative estimate of drug-likeness (QED) is 0.0549. The molecule has 0 aliphatic rings. The number of hydrogen-bond donors (Lipinski definition) is 5. The molecule has 39 heavy (non-hydrogen) atoms. The summed E-state index contributed by atoms with van der Waals surface area (Å²) in [6.07, 6.45) is 21.9. The van der Waals surface area contributed by atoms with Crippen molar-refractivity contribution in [2.75, 3.05) is 32.8 Å². The second-order valence-corrected chi connectivity index (χ2v) is 9.82. The van der Waals surface area contributed by atoms with Gasteiger partial charge in [0.05, 0.1) is 6.42 Å². The summed E-state index contributed by atoms with van der Waals surface area (Å²) in [6, 6.07) is -1.21. The van der Waals surface area contributed by atoms with Crippen LogP contribution in [0.2, 0.25) is 0 Å². The van der Waals surface area contributed by atoms with E-state index in [1.807, 2.05) is 5.32 Å². The van der Waals surface area contributed by atoms with Crippen molar-refractivity contribution < 1.29 is 29.0 Å². The van der Waals surface area contributed by atoms with Gasteiger partial charge in [-0.15, -0.1) is 0 Å². The fourth-order valence-corrected chi connectivity index (χ4v) is 4.01. The Kier molecular flexibility index (Phi) is 26.5. The first-order chi connectivity index (χ1) is 19.0. The number of nitrogens with one attached hydrogen (secondary N) is 4. The van der Waals surface area contributed by atoms with Gasteiger partial charge in [0.25, 0.3) is 0 Å². The monoisotopic (exact) mass is 554 g/mol. The molecule has 10 heteroatoms. The molecular weight excluding hydrogens is 500 g/mol. The van der Waals surface area contributed by atoms with Gasteiger partial charge in [-0.1, -0.05) is 76.9 Å². The molecule has 5 N–H and O–H groups in total. The first-order valence-electron chi connectivity index (χ1n) is 14.9. The van der Waals surface area contributed by atoms with Gasteiger partial charge in [-0.05, 0) is 38.5 Å². The molecule has 0 saturated carbocycles. The van der Waals surface area contributed by atoms with Crippen molar-refractivity contribution in [2.45, 2.75) is 116 Å². The minimum absolute atomic E-state index is 0.130. The maximum atomic E-state index is 12.1. The lowest BCUT2D eigenvalue weighted by Gasteiger charge is -2.16. The topological polar surface area (TPSA) is 146 Å². The first-order valence-corrected chi connectivity index (χ1v) is 14.9. The van der Waals surface area contributed by atoms with Gasteiger partial charge in [0, 0.05) is 32.8 Å². The first kappa shape index (κ1) is 36.4. The lowest BCUT2D eigenvalue weighted by molar-refractivity contribution is -0.128. The van der Waals surface area contributed by atoms with E-state index >= 15 is 0 Å². The SMILES string of the molecule is CCCCCCCCC=CCCCCCCCCOCCCNC(=O)CC(NC(=O)O)C(=O)NCCNC=O. The largest absolute Gasteiger partial charge is 0.465 e. The second kappa shape index (κ2) is 28.4. The van der Waals surface area contributed by atoms with Crippen LogP contribution in [-0.4, -0.2) is 68.3 Å². The standard InChI is InChI=1S/C29H54N4O6/c1-2-3-4-5-6-7-8-9-10-11-12-13-14-15-16-17-22-39-23-18-19-31-27(35)24-26(33-29(37)38)28(36)32-21-20-30-25-34/h9-10,25-26,33H,2-8,11-24H2,1H3,(H,30,34)(H,31,35)(H,32,36)(H,37,38). The number of carbonyl (C=O) groups is 4. The molecule has 0 radical (unpaired) electrons. The van der Waals surface area contributed by atoms with E-state index in [1.54, 1.807) is 0 Å². The predicted octanol–water partition coefficient (Wildman–Crippen LogP) is 4.44. The number of allylic oxidation sites excluding steroid dienone is 2. The van der Waals surface area contributed by atoms with Crippen LogP contribution in [0.15, 0.2) is 12.2 Å². The van der Waals surface area contributed by atoms with Crippen LogP contribution in [0, 0.1) is 0 Å². The average Bonchev–Trinajstić information content (AvgIpc) is 2.91. The van der Waals surface area contributed by atoms with Crippen molar-refractivity contribution >= 4 is 24.3 Å². The van der Waals surface area contributed by atoms with Crippen LogP contribution in [0.1, 0.15) is 110 Å². The van der Waals surface area contributed by atoms with E-state index in [1.165, 1.54) is 77.0 Å². The maximum absolute atomic E-state index is 12.1. The van der Waals surface area contributed by atoms with E-state index in [0.29, 0.717) is 32.6 Å². The molecule has 0 aromatic heterocycles. The third kappa shape index (κ3) is 26.8. The summed E-state index contributed by atoms with van der Waals surface area (Å²) >= 11 is 0. The Morgan fingerprint density at radius 3 is 1.95 bits per heavy atom. The lowest BCUT2D eigenvalue weighted by atomic mass is 10.1. The van der Waals surface area contributed by atoms with E-state index in [0.717, 1.165) is 12.8 Å². The molecule has 0 aromatic carbocycles. The van der Waals surface area contributed by atoms with Crippen molar-refractivity contribution in [1.82, 2.24) is 21.3 Å². The van der Waals surface area contributed by atoms with Gasteiger partial charge in [0.15, 0.2) is 0 Å². The van der Waals surface area contributed by atoms with E-state index < -0.39 is 23.9 Å². The van der Waals surface area contributed by atoms with Gasteiger partial charge in [-0.2, -0.15) is 0 Å². The van der Waals surface area contributed by atoms with Crippen molar-refractivity contribution in [3.05, 3.63) is 12.2 Å². The van der Waals surface area contributed by atoms with Crippen molar-refractivity contribution in [1.29, 1.82) is 0 Å². The molecule has 10 nitrogen and oxygen atoms in total. The second-order valence-electron chi connectivity index (χ2n) is 9.82. The summed E-state index contributed by atoms with van der Waals surface area (Å²) < 4.78 is 5.63. The van der Waals surface area contributed by atoms with Gasteiger partial charge in [-0.25, -0.2) is 4.79 Å². The number of rotatable bonds is 28. The molecule has 0 heterocycles. The van der Waals surface area contributed by atoms with E-state index in [-0.39, 0.29) is 19.5 Å². The Morgan fingerprint density at radius 2 is 1.33 bits per heavy atom. The number of unbranched alkanes of at least 4 members (excludes halogenated alkanes) is 12. The van der Waals surface area contributed by atoms with Gasteiger partial charge in [0.2, 0.25) is 18.2 Å². The minimum Gasteiger partial charge on any atom is -0.465 e. The molecule has 0 bridgehead atoms. The van der Waals surface area contributed by atoms with Gasteiger partial charge >= 0.3 is 6.09 Å². The molecule has 0 aromatic rings. The Bertz CT molecular complexity index is 660. The number of carboxylic acid groups (broad SMARTS) is 1. The predicted molar refractivity (Wildman–Crippen MR) is 155 cm³/mol. The van der Waals surface area contributed by atoms with Crippen LogP contribution in [-0.2, 0) is 19.1 Å². The number of hydrogen-bond acceptors (Lipinski definition) is 5. The van der Waals surface area contributed by atoms with E-state index in [9.17, 15) is 19.2 Å². The van der Waals surface area contributed by atoms with Crippen molar-refractivity contribution in [3.63, 3.8) is 0 Å². The average molecular weight is 555 g/mol. The minimum atomic E-state index is -1.39. The molecule has 0 rings (SSSR count). The third-order valence-corrected chi connectivity index (χ3v) is 6.24. The fourth-order valence-electron chi connectivity index (χ4n) is 4.01. The fraction of sp³-hybridized carbons (Fsp3) is 0.793. The molecule has 1 atom stereocenters. The van der Waals surface area contributed by atoms with E-state index in [2.05, 4.69) is 35.0 Å². The molecular formula is C29H54N4O6. The molecule has 4 amide bonds. The molecule has 1 unspecified atom stereocenters. The van der Waals surface area contributed by atoms with Crippen LogP contribution in [0.25, 0.3) is 0 Å². The summed E-state index contributed by atoms with van der Waals surface area (Å²) in [4.78, 5) is 45.3. The molecule has 226 valence electrons. The molecule has 0 fully saturated rings. The van der Waals surface area contributed by atoms with Crippen LogP contribution in [0.5, 0.6) is 0 Å². The normalized spacial score (nSPS) is 11.7. The zero-order valence-corrected chi connectivity index (χ0v) is 24.1. The van der Waals surface area contributed by atoms with Gasteiger partial charge in [0.1, 0.15) is 6.04 Å². The Morgan fingerprint density at radius 1 is 0.744 bits per heavy atom. The van der Waals surface area contributed by atoms with Crippen LogP contribution in [0.3, 0.4) is 0 Å². The lowest BCUT2D eigenvalue weighted by Crippen LogP contribution is -2.49. The van der Waals surface area contributed by atoms with Crippen molar-refractivity contribution in [2.24, 2.45) is 0 Å². The Balaban J connectivity index is 3.59. The number of ether oxygens (including phenoxy) is 1. The summed E-state index contributed by atoms with van der Waals surface area (Å²) in [7, 11) is 0. The molecule has 0 aliphatic heterocycles. The van der Waals surface area contributed by atoms with Crippen LogP contribution < -0.4 is 21.3 Å². The Labute approximate surface area is 235 Å². The molecule has 0 aliphatic carbocycles. The number of carbonyl (C=O) groups excluding carboxylic acids is 3. The number of amides is 4. The third-order valence-electron chi connectivity index (χ3n) is 6.24. The highest BCUT2D eigenvalue weighted by Crippen LogP contribution is 2.10. The zero-order valence-electron chi connectivity index (χ0n) is 24.1. The van der Waals surface area contributed by atoms with Crippen LogP contribution >= 0.6 is 0 Å². The summed E-state index contributed by atoms with van der Waals surface area (Å²) in [5.41, 5.74) is 0. The van der Waals surface area contributed by atoms with Crippen molar-refractivity contribution in [3.8, 4) is 0 Å². The summed E-state index contributed by atoms with van der Waals surface area (Å²) in [5.74, 6) is -1.05. The summed E-state index contributed by atoms with van der Waals surface area (Å²) in [5, 5.41) is 18.5. The van der Waals surface area contributed by atoms with Gasteiger partial charge < -0.3 is 31.1 Å². The Hall–Kier alpha value is -2.62. The smallest absolute Gasteiger partial charge is 0.405 e. The maximum Gasteiger partial charge on any atom is 0.405 e. The molecule has 0 saturated heterocycles. The molecule has 0 spiro atoms. The highest BCUT2D eigenvalue weighted by molar-refractivity contribution is 5.90. The van der Waals surface area contributed by atoms with Gasteiger partial charge in [-0.3, -0.25) is 14.4 Å².